The third-order valence-electron chi connectivity index (χ3n) is 2.47. The number of benzene rings is 1. The maximum absolute atomic E-state index is 5.76. The van der Waals surface area contributed by atoms with Crippen LogP contribution in [-0.2, 0) is 0 Å². The van der Waals surface area contributed by atoms with Gasteiger partial charge in [0.25, 0.3) is 0 Å². The van der Waals surface area contributed by atoms with E-state index in [9.17, 15) is 0 Å². The molecule has 0 bridgehead atoms. The van der Waals surface area contributed by atoms with Crippen molar-refractivity contribution in [3.63, 3.8) is 0 Å². The lowest BCUT2D eigenvalue weighted by Gasteiger charge is -1.97. The van der Waals surface area contributed by atoms with Crippen LogP contribution in [0.1, 0.15) is 5.89 Å². The smallest absolute Gasteiger partial charge is 0.192 e. The first-order valence-corrected chi connectivity index (χ1v) is 4.90. The van der Waals surface area contributed by atoms with Gasteiger partial charge in [0.1, 0.15) is 11.3 Å². The predicted octanol–water partition coefficient (Wildman–Crippen LogP) is 2.11. The molecule has 5 heteroatoms. The molecule has 0 amide bonds. The minimum Gasteiger partial charge on any atom is -0.441 e. The zero-order valence-corrected chi connectivity index (χ0v) is 8.69. The molecule has 16 heavy (non-hydrogen) atoms. The van der Waals surface area contributed by atoms with E-state index < -0.39 is 0 Å². The molecule has 0 saturated carbocycles. The van der Waals surface area contributed by atoms with E-state index >= 15 is 0 Å². The first-order valence-electron chi connectivity index (χ1n) is 4.90. The molecule has 3 aromatic rings. The van der Waals surface area contributed by atoms with Gasteiger partial charge in [0.15, 0.2) is 11.5 Å². The molecule has 0 spiro atoms. The lowest BCUT2D eigenvalue weighted by atomic mass is 10.1. The van der Waals surface area contributed by atoms with Crippen molar-refractivity contribution in [2.75, 3.05) is 5.73 Å². The topological polar surface area (TPSA) is 80.7 Å². The normalized spacial score (nSPS) is 11.1. The van der Waals surface area contributed by atoms with Crippen molar-refractivity contribution in [1.82, 2.24) is 15.2 Å². The number of fused-ring (bicyclic) bond motifs is 1. The van der Waals surface area contributed by atoms with Gasteiger partial charge in [0.05, 0.1) is 6.20 Å². The highest BCUT2D eigenvalue weighted by atomic mass is 16.3. The molecular weight excluding hydrogens is 204 g/mol. The molecule has 80 valence electrons. The number of hydrogen-bond acceptors (Lipinski definition) is 4. The molecule has 0 saturated heterocycles. The minimum absolute atomic E-state index is 0.555. The summed E-state index contributed by atoms with van der Waals surface area (Å²) in [6, 6.07) is 5.76. The molecule has 0 unspecified atom stereocenters. The van der Waals surface area contributed by atoms with E-state index in [0.717, 1.165) is 22.2 Å². The number of H-pyrrole nitrogens is 1. The van der Waals surface area contributed by atoms with Crippen molar-refractivity contribution in [2.24, 2.45) is 0 Å². The van der Waals surface area contributed by atoms with E-state index in [0.29, 0.717) is 11.7 Å². The maximum atomic E-state index is 5.76. The van der Waals surface area contributed by atoms with Gasteiger partial charge in [-0.3, -0.25) is 5.10 Å². The summed E-state index contributed by atoms with van der Waals surface area (Å²) in [7, 11) is 0. The Hall–Kier alpha value is -2.30. The Morgan fingerprint density at radius 2 is 2.25 bits per heavy atom. The van der Waals surface area contributed by atoms with Crippen LogP contribution < -0.4 is 5.73 Å². The number of rotatable bonds is 1. The summed E-state index contributed by atoms with van der Waals surface area (Å²) < 4.78 is 5.40. The van der Waals surface area contributed by atoms with Crippen molar-refractivity contribution in [3.05, 3.63) is 30.3 Å². The first kappa shape index (κ1) is 8.96. The second-order valence-electron chi connectivity index (χ2n) is 3.61. The van der Waals surface area contributed by atoms with Gasteiger partial charge < -0.3 is 10.2 Å². The third kappa shape index (κ3) is 1.25. The molecule has 0 atom stereocenters. The van der Waals surface area contributed by atoms with E-state index in [1.807, 2.05) is 25.1 Å². The Kier molecular flexibility index (Phi) is 1.73. The lowest BCUT2D eigenvalue weighted by molar-refractivity contribution is 0.561. The van der Waals surface area contributed by atoms with E-state index in [1.54, 1.807) is 6.20 Å². The van der Waals surface area contributed by atoms with Crippen LogP contribution in [-0.4, -0.2) is 15.2 Å². The highest BCUT2D eigenvalue weighted by Gasteiger charge is 2.08. The fourth-order valence-corrected chi connectivity index (χ4v) is 1.74. The molecule has 3 rings (SSSR count). The van der Waals surface area contributed by atoms with Crippen molar-refractivity contribution in [3.8, 4) is 11.1 Å². The maximum Gasteiger partial charge on any atom is 0.192 e. The molecule has 0 fully saturated rings. The number of nitrogen functional groups attached to an aromatic ring is 1. The molecule has 0 aliphatic rings. The Morgan fingerprint density at radius 3 is 3.00 bits per heavy atom. The fraction of sp³-hybridized carbons (Fsp3) is 0.0909. The van der Waals surface area contributed by atoms with Crippen LogP contribution in [0.25, 0.3) is 22.2 Å². The van der Waals surface area contributed by atoms with Crippen LogP contribution in [0.2, 0.25) is 0 Å². The number of nitrogens with two attached hydrogens (primary N) is 1. The van der Waals surface area contributed by atoms with Crippen LogP contribution in [0, 0.1) is 6.92 Å². The summed E-state index contributed by atoms with van der Waals surface area (Å²) in [4.78, 5) is 4.28. The number of anilines is 1. The van der Waals surface area contributed by atoms with Crippen LogP contribution in [0.4, 0.5) is 5.82 Å². The molecule has 0 aliphatic carbocycles. The standard InChI is InChI=1S/C11H10N4O/c1-6-14-9-4-7(2-3-10(9)16-6)8-5-13-15-11(8)12/h2-5H,1H3,(H3,12,13,15). The van der Waals surface area contributed by atoms with Gasteiger partial charge in [-0.1, -0.05) is 6.07 Å². The third-order valence-corrected chi connectivity index (χ3v) is 2.47. The zero-order valence-electron chi connectivity index (χ0n) is 8.69. The molecular formula is C11H10N4O. The first-order chi connectivity index (χ1) is 7.74. The van der Waals surface area contributed by atoms with E-state index in [1.165, 1.54) is 0 Å². The number of hydrogen-bond donors (Lipinski definition) is 2. The molecule has 2 aromatic heterocycles. The molecule has 2 heterocycles. The minimum atomic E-state index is 0.555. The summed E-state index contributed by atoms with van der Waals surface area (Å²) in [6.07, 6.45) is 1.70. The number of aromatic nitrogens is 3. The van der Waals surface area contributed by atoms with Gasteiger partial charge in [-0.25, -0.2) is 4.98 Å². The second-order valence-corrected chi connectivity index (χ2v) is 3.61. The second kappa shape index (κ2) is 3.10. The van der Waals surface area contributed by atoms with Gasteiger partial charge >= 0.3 is 0 Å². The number of nitrogens with one attached hydrogen (secondary N) is 1. The van der Waals surface area contributed by atoms with Crippen LogP contribution in [0.3, 0.4) is 0 Å². The van der Waals surface area contributed by atoms with Gasteiger partial charge in [-0.15, -0.1) is 0 Å². The Balaban J connectivity index is 2.22. The van der Waals surface area contributed by atoms with Crippen LogP contribution in [0.5, 0.6) is 0 Å². The average Bonchev–Trinajstić information content (AvgIpc) is 2.81. The fourth-order valence-electron chi connectivity index (χ4n) is 1.74. The quantitative estimate of drug-likeness (QED) is 0.650. The highest BCUT2D eigenvalue weighted by Crippen LogP contribution is 2.27. The Labute approximate surface area is 91.3 Å². The Morgan fingerprint density at radius 1 is 1.38 bits per heavy atom. The molecule has 3 N–H and O–H groups in total. The molecule has 0 aliphatic heterocycles. The summed E-state index contributed by atoms with van der Waals surface area (Å²) in [5.74, 6) is 1.21. The van der Waals surface area contributed by atoms with Gasteiger partial charge in [-0.05, 0) is 17.7 Å². The van der Waals surface area contributed by atoms with Gasteiger partial charge in [0, 0.05) is 12.5 Å². The molecule has 5 nitrogen and oxygen atoms in total. The van der Waals surface area contributed by atoms with Crippen molar-refractivity contribution in [2.45, 2.75) is 6.92 Å². The van der Waals surface area contributed by atoms with Crippen molar-refractivity contribution >= 4 is 16.9 Å². The summed E-state index contributed by atoms with van der Waals surface area (Å²) in [5, 5.41) is 6.59. The number of aromatic amines is 1. The van der Waals surface area contributed by atoms with E-state index in [-0.39, 0.29) is 0 Å². The largest absolute Gasteiger partial charge is 0.441 e. The summed E-state index contributed by atoms with van der Waals surface area (Å²) >= 11 is 0. The van der Waals surface area contributed by atoms with E-state index in [4.69, 9.17) is 10.2 Å². The summed E-state index contributed by atoms with van der Waals surface area (Å²) in [6.45, 7) is 1.83. The average molecular weight is 214 g/mol. The summed E-state index contributed by atoms with van der Waals surface area (Å²) in [5.41, 5.74) is 9.23. The van der Waals surface area contributed by atoms with Crippen LogP contribution in [0.15, 0.2) is 28.8 Å². The number of oxazole rings is 1. The van der Waals surface area contributed by atoms with Crippen molar-refractivity contribution < 1.29 is 4.42 Å². The molecule has 1 aromatic carbocycles. The van der Waals surface area contributed by atoms with Gasteiger partial charge in [0.2, 0.25) is 0 Å². The SMILES string of the molecule is Cc1nc2cc(-c3cn[nH]c3N)ccc2o1. The van der Waals surface area contributed by atoms with Gasteiger partial charge in [-0.2, -0.15) is 5.10 Å². The van der Waals surface area contributed by atoms with Crippen molar-refractivity contribution in [1.29, 1.82) is 0 Å². The number of aryl methyl sites for hydroxylation is 1. The lowest BCUT2D eigenvalue weighted by Crippen LogP contribution is -1.87. The van der Waals surface area contributed by atoms with E-state index in [2.05, 4.69) is 15.2 Å². The number of nitrogens with zero attached hydrogens (tertiary/aromatic N) is 2. The highest BCUT2D eigenvalue weighted by molar-refractivity contribution is 5.83. The molecule has 0 radical (unpaired) electrons. The zero-order chi connectivity index (χ0) is 11.1. The van der Waals surface area contributed by atoms with Crippen LogP contribution >= 0.6 is 0 Å². The Bertz CT molecular complexity index is 653. The predicted molar refractivity (Wildman–Crippen MR) is 60.7 cm³/mol. The monoisotopic (exact) mass is 214 g/mol.